The second-order valence-corrected chi connectivity index (χ2v) is 5.48. The SMILES string of the molecule is COc1ccc(C(O)CC2CCCCC2)c(C)c1. The number of aliphatic hydroxyl groups excluding tert-OH is 1. The molecule has 0 radical (unpaired) electrons. The highest BCUT2D eigenvalue weighted by Gasteiger charge is 2.19. The topological polar surface area (TPSA) is 29.5 Å². The van der Waals surface area contributed by atoms with Crippen molar-refractivity contribution < 1.29 is 9.84 Å². The van der Waals surface area contributed by atoms with Crippen LogP contribution in [-0.2, 0) is 0 Å². The van der Waals surface area contributed by atoms with E-state index in [2.05, 4.69) is 0 Å². The van der Waals surface area contributed by atoms with Crippen LogP contribution in [0.25, 0.3) is 0 Å². The lowest BCUT2D eigenvalue weighted by Crippen LogP contribution is -2.11. The number of rotatable bonds is 4. The van der Waals surface area contributed by atoms with Gasteiger partial charge in [-0.3, -0.25) is 0 Å². The molecule has 0 heterocycles. The van der Waals surface area contributed by atoms with Gasteiger partial charge in [-0.25, -0.2) is 0 Å². The van der Waals surface area contributed by atoms with E-state index in [4.69, 9.17) is 4.74 Å². The van der Waals surface area contributed by atoms with Crippen LogP contribution < -0.4 is 4.74 Å². The first-order chi connectivity index (χ1) is 8.70. The summed E-state index contributed by atoms with van der Waals surface area (Å²) in [5.41, 5.74) is 2.18. The van der Waals surface area contributed by atoms with Gasteiger partial charge in [0, 0.05) is 0 Å². The van der Waals surface area contributed by atoms with Gasteiger partial charge in [-0.2, -0.15) is 0 Å². The van der Waals surface area contributed by atoms with E-state index in [1.807, 2.05) is 25.1 Å². The molecule has 1 unspecified atom stereocenters. The summed E-state index contributed by atoms with van der Waals surface area (Å²) in [5.74, 6) is 1.57. The van der Waals surface area contributed by atoms with Gasteiger partial charge < -0.3 is 9.84 Å². The molecule has 1 N–H and O–H groups in total. The third kappa shape index (κ3) is 3.26. The Kier molecular flexibility index (Phi) is 4.65. The molecule has 100 valence electrons. The monoisotopic (exact) mass is 248 g/mol. The maximum Gasteiger partial charge on any atom is 0.119 e. The molecule has 1 atom stereocenters. The first-order valence-electron chi connectivity index (χ1n) is 7.03. The lowest BCUT2D eigenvalue weighted by molar-refractivity contribution is 0.131. The van der Waals surface area contributed by atoms with Crippen LogP contribution in [0.2, 0.25) is 0 Å². The van der Waals surface area contributed by atoms with Crippen LogP contribution in [-0.4, -0.2) is 12.2 Å². The molecule has 0 spiro atoms. The van der Waals surface area contributed by atoms with E-state index in [1.54, 1.807) is 7.11 Å². The summed E-state index contributed by atoms with van der Waals surface area (Å²) in [6.45, 7) is 2.04. The Morgan fingerprint density at radius 1 is 1.28 bits per heavy atom. The number of ether oxygens (including phenoxy) is 1. The summed E-state index contributed by atoms with van der Waals surface area (Å²) in [6, 6.07) is 5.94. The first kappa shape index (κ1) is 13.4. The first-order valence-corrected chi connectivity index (χ1v) is 7.03. The van der Waals surface area contributed by atoms with Crippen LogP contribution in [0, 0.1) is 12.8 Å². The fourth-order valence-electron chi connectivity index (χ4n) is 3.01. The van der Waals surface area contributed by atoms with Gasteiger partial charge in [0.15, 0.2) is 0 Å². The molecule has 1 aliphatic carbocycles. The minimum atomic E-state index is -0.320. The van der Waals surface area contributed by atoms with Crippen molar-refractivity contribution in [3.63, 3.8) is 0 Å². The second kappa shape index (κ2) is 6.24. The van der Waals surface area contributed by atoms with Crippen molar-refractivity contribution in [3.05, 3.63) is 29.3 Å². The molecule has 2 nitrogen and oxygen atoms in total. The molecule has 18 heavy (non-hydrogen) atoms. The fourth-order valence-corrected chi connectivity index (χ4v) is 3.01. The smallest absolute Gasteiger partial charge is 0.119 e. The van der Waals surface area contributed by atoms with Gasteiger partial charge >= 0.3 is 0 Å². The molecule has 2 rings (SSSR count). The summed E-state index contributed by atoms with van der Waals surface area (Å²) >= 11 is 0. The van der Waals surface area contributed by atoms with Crippen molar-refractivity contribution in [3.8, 4) is 5.75 Å². The number of hydrogen-bond acceptors (Lipinski definition) is 2. The van der Waals surface area contributed by atoms with E-state index in [0.717, 1.165) is 23.3 Å². The van der Waals surface area contributed by atoms with Gasteiger partial charge in [0.25, 0.3) is 0 Å². The summed E-state index contributed by atoms with van der Waals surface area (Å²) in [7, 11) is 1.67. The molecule has 0 aliphatic heterocycles. The number of hydrogen-bond donors (Lipinski definition) is 1. The van der Waals surface area contributed by atoms with Crippen molar-refractivity contribution in [2.45, 2.75) is 51.6 Å². The predicted molar refractivity (Wildman–Crippen MR) is 73.9 cm³/mol. The third-order valence-corrected chi connectivity index (χ3v) is 4.12. The zero-order valence-electron chi connectivity index (χ0n) is 11.5. The van der Waals surface area contributed by atoms with Gasteiger partial charge in [-0.15, -0.1) is 0 Å². The maximum absolute atomic E-state index is 10.4. The Hall–Kier alpha value is -1.02. The highest BCUT2D eigenvalue weighted by atomic mass is 16.5. The molecule has 2 heteroatoms. The zero-order valence-corrected chi connectivity index (χ0v) is 11.5. The molecule has 1 aromatic carbocycles. The van der Waals surface area contributed by atoms with Crippen LogP contribution in [0.15, 0.2) is 18.2 Å². The van der Waals surface area contributed by atoms with Crippen LogP contribution in [0.4, 0.5) is 0 Å². The molecular formula is C16H24O2. The van der Waals surface area contributed by atoms with E-state index in [1.165, 1.54) is 32.1 Å². The lowest BCUT2D eigenvalue weighted by Gasteiger charge is -2.25. The van der Waals surface area contributed by atoms with E-state index >= 15 is 0 Å². The van der Waals surface area contributed by atoms with Crippen molar-refractivity contribution in [2.75, 3.05) is 7.11 Å². The number of methoxy groups -OCH3 is 1. The molecule has 0 saturated heterocycles. The van der Waals surface area contributed by atoms with Gasteiger partial charge in [0.2, 0.25) is 0 Å². The Bertz CT molecular complexity index is 381. The van der Waals surface area contributed by atoms with Crippen molar-refractivity contribution >= 4 is 0 Å². The van der Waals surface area contributed by atoms with E-state index in [9.17, 15) is 5.11 Å². The molecule has 1 aliphatic rings. The minimum absolute atomic E-state index is 0.320. The minimum Gasteiger partial charge on any atom is -0.497 e. The van der Waals surface area contributed by atoms with E-state index < -0.39 is 0 Å². The van der Waals surface area contributed by atoms with E-state index in [-0.39, 0.29) is 6.10 Å². The number of aliphatic hydroxyl groups is 1. The van der Waals surface area contributed by atoms with Crippen molar-refractivity contribution in [1.82, 2.24) is 0 Å². The van der Waals surface area contributed by atoms with Gasteiger partial charge in [-0.1, -0.05) is 38.2 Å². The Labute approximate surface area is 110 Å². The third-order valence-electron chi connectivity index (χ3n) is 4.12. The van der Waals surface area contributed by atoms with Crippen molar-refractivity contribution in [2.24, 2.45) is 5.92 Å². The molecular weight excluding hydrogens is 224 g/mol. The maximum atomic E-state index is 10.4. The molecule has 1 aromatic rings. The summed E-state index contributed by atoms with van der Waals surface area (Å²) in [4.78, 5) is 0. The Morgan fingerprint density at radius 3 is 2.61 bits per heavy atom. The average Bonchev–Trinajstić information content (AvgIpc) is 2.39. The molecule has 0 bridgehead atoms. The average molecular weight is 248 g/mol. The quantitative estimate of drug-likeness (QED) is 0.872. The van der Waals surface area contributed by atoms with Gasteiger partial charge in [0.05, 0.1) is 13.2 Å². The van der Waals surface area contributed by atoms with E-state index in [0.29, 0.717) is 5.92 Å². The van der Waals surface area contributed by atoms with Gasteiger partial charge in [0.1, 0.15) is 5.75 Å². The lowest BCUT2D eigenvalue weighted by atomic mass is 9.83. The molecule has 0 aromatic heterocycles. The van der Waals surface area contributed by atoms with Crippen LogP contribution in [0.3, 0.4) is 0 Å². The predicted octanol–water partition coefficient (Wildman–Crippen LogP) is 4.01. The van der Waals surface area contributed by atoms with Crippen LogP contribution >= 0.6 is 0 Å². The molecule has 1 saturated carbocycles. The largest absolute Gasteiger partial charge is 0.497 e. The fraction of sp³-hybridized carbons (Fsp3) is 0.625. The number of aryl methyl sites for hydroxylation is 1. The second-order valence-electron chi connectivity index (χ2n) is 5.48. The van der Waals surface area contributed by atoms with Crippen molar-refractivity contribution in [1.29, 1.82) is 0 Å². The number of benzene rings is 1. The summed E-state index contributed by atoms with van der Waals surface area (Å²) in [6.07, 6.45) is 7.19. The van der Waals surface area contributed by atoms with Crippen LogP contribution in [0.5, 0.6) is 5.75 Å². The highest BCUT2D eigenvalue weighted by Crippen LogP contribution is 2.33. The Morgan fingerprint density at radius 2 is 2.00 bits per heavy atom. The standard InChI is InChI=1S/C16H24O2/c1-12-10-14(18-2)8-9-15(12)16(17)11-13-6-4-3-5-7-13/h8-10,13,16-17H,3-7,11H2,1-2H3. The summed E-state index contributed by atoms with van der Waals surface area (Å²) < 4.78 is 5.20. The highest BCUT2D eigenvalue weighted by molar-refractivity contribution is 5.36. The molecule has 0 amide bonds. The zero-order chi connectivity index (χ0) is 13.0. The van der Waals surface area contributed by atoms with Crippen LogP contribution in [0.1, 0.15) is 55.8 Å². The Balaban J connectivity index is 2.01. The van der Waals surface area contributed by atoms with Gasteiger partial charge in [-0.05, 0) is 42.5 Å². The molecule has 1 fully saturated rings. The normalized spacial score (nSPS) is 18.6. The summed E-state index contributed by atoms with van der Waals surface area (Å²) in [5, 5.41) is 10.4.